The molecule has 2 saturated carbocycles. The third kappa shape index (κ3) is 2.80. The molecule has 2 aliphatic rings. The molecule has 0 spiro atoms. The van der Waals surface area contributed by atoms with E-state index in [0.29, 0.717) is 23.4 Å². The lowest BCUT2D eigenvalue weighted by atomic mass is 10.1. The van der Waals surface area contributed by atoms with Crippen molar-refractivity contribution in [3.63, 3.8) is 0 Å². The molecule has 0 saturated heterocycles. The van der Waals surface area contributed by atoms with Gasteiger partial charge in [-0.05, 0) is 49.7 Å². The second kappa shape index (κ2) is 5.69. The molecule has 0 radical (unpaired) electrons. The number of amides is 1. The molecule has 0 bridgehead atoms. The third-order valence-electron chi connectivity index (χ3n) is 5.32. The highest BCUT2D eigenvalue weighted by atomic mass is 16.1. The van der Waals surface area contributed by atoms with Crippen molar-refractivity contribution in [2.24, 2.45) is 11.8 Å². The van der Waals surface area contributed by atoms with Gasteiger partial charge in [0.15, 0.2) is 5.52 Å². The van der Waals surface area contributed by atoms with Crippen LogP contribution in [0.5, 0.6) is 0 Å². The first-order chi connectivity index (χ1) is 12.3. The number of nitrogens with zero attached hydrogens (tertiary/aromatic N) is 3. The Labute approximate surface area is 146 Å². The number of fused-ring (bicyclic) bond motifs is 1. The molecule has 5 nitrogen and oxygen atoms in total. The van der Waals surface area contributed by atoms with Crippen molar-refractivity contribution in [2.75, 3.05) is 0 Å². The number of hydrogen-bond acceptors (Lipinski definition) is 2. The molecular weight excluding hydrogens is 312 g/mol. The van der Waals surface area contributed by atoms with Crippen LogP contribution in [-0.4, -0.2) is 21.3 Å². The number of aromatic nitrogens is 3. The largest absolute Gasteiger partial charge is 0.349 e. The predicted octanol–water partition coefficient (Wildman–Crippen LogP) is 2.53. The summed E-state index contributed by atoms with van der Waals surface area (Å²) < 4.78 is 4.04. The Kier molecular flexibility index (Phi) is 3.33. The maximum Gasteiger partial charge on any atom is 0.257 e. The minimum absolute atomic E-state index is 0.00495. The van der Waals surface area contributed by atoms with E-state index in [4.69, 9.17) is 0 Å². The first-order valence-corrected chi connectivity index (χ1v) is 9.03. The van der Waals surface area contributed by atoms with Crippen molar-refractivity contribution in [3.05, 3.63) is 60.9 Å². The smallest absolute Gasteiger partial charge is 0.257 e. The van der Waals surface area contributed by atoms with Gasteiger partial charge in [0.2, 0.25) is 0 Å². The summed E-state index contributed by atoms with van der Waals surface area (Å²) in [5, 5.41) is 3.30. The van der Waals surface area contributed by atoms with Crippen LogP contribution in [0.3, 0.4) is 0 Å². The van der Waals surface area contributed by atoms with E-state index in [9.17, 15) is 4.79 Å². The summed E-state index contributed by atoms with van der Waals surface area (Å²) in [4.78, 5) is 17.2. The van der Waals surface area contributed by atoms with Gasteiger partial charge in [0, 0.05) is 24.5 Å². The van der Waals surface area contributed by atoms with Crippen LogP contribution in [0.2, 0.25) is 0 Å². The quantitative estimate of drug-likeness (QED) is 0.730. The molecule has 0 unspecified atom stereocenters. The molecule has 0 atom stereocenters. The zero-order valence-electron chi connectivity index (χ0n) is 14.0. The number of carbonyl (C=O) groups excluding carboxylic acids is 1. The normalized spacial score (nSPS) is 17.2. The predicted molar refractivity (Wildman–Crippen MR) is 93.4 cm³/mol. The number of imidazole rings is 1. The fourth-order valence-electron chi connectivity index (χ4n) is 3.67. The lowest BCUT2D eigenvalue weighted by Crippen LogP contribution is -2.40. The second-order valence-electron chi connectivity index (χ2n) is 7.25. The molecule has 3 aromatic rings. The van der Waals surface area contributed by atoms with Gasteiger partial charge < -0.3 is 5.32 Å². The standard InChI is InChI=1S/C20H20N4O/c25-20(22-19(14-4-5-14)15-6-7-15)17-11-21-9-8-18(17)24-12-16-3-1-2-10-23(16)13-24/h1-3,8-15,19H,4-7H2/p+1. The molecule has 2 fully saturated rings. The number of pyridine rings is 2. The van der Waals surface area contributed by atoms with E-state index in [0.717, 1.165) is 11.2 Å². The Balaban J connectivity index is 1.48. The molecule has 1 amide bonds. The van der Waals surface area contributed by atoms with E-state index in [1.807, 2.05) is 52.0 Å². The van der Waals surface area contributed by atoms with Crippen molar-refractivity contribution in [2.45, 2.75) is 31.7 Å². The van der Waals surface area contributed by atoms with E-state index in [1.165, 1.54) is 25.7 Å². The summed E-state index contributed by atoms with van der Waals surface area (Å²) in [6, 6.07) is 8.30. The molecule has 3 heterocycles. The van der Waals surface area contributed by atoms with Crippen molar-refractivity contribution in [3.8, 4) is 5.69 Å². The molecule has 3 aromatic heterocycles. The summed E-state index contributed by atoms with van der Waals surface area (Å²) in [6.45, 7) is 0. The highest BCUT2D eigenvalue weighted by molar-refractivity contribution is 5.96. The molecule has 0 aromatic carbocycles. The van der Waals surface area contributed by atoms with E-state index in [1.54, 1.807) is 12.4 Å². The van der Waals surface area contributed by atoms with Crippen LogP contribution in [0.1, 0.15) is 36.0 Å². The second-order valence-corrected chi connectivity index (χ2v) is 7.25. The molecule has 0 aliphatic heterocycles. The van der Waals surface area contributed by atoms with Crippen molar-refractivity contribution in [1.29, 1.82) is 0 Å². The molecule has 25 heavy (non-hydrogen) atoms. The van der Waals surface area contributed by atoms with E-state index in [-0.39, 0.29) is 5.91 Å². The Morgan fingerprint density at radius 3 is 2.72 bits per heavy atom. The van der Waals surface area contributed by atoms with Gasteiger partial charge in [-0.2, -0.15) is 0 Å². The topological polar surface area (TPSA) is 50.3 Å². The lowest BCUT2D eigenvalue weighted by molar-refractivity contribution is -0.594. The average Bonchev–Trinajstić information content (AvgIpc) is 3.56. The van der Waals surface area contributed by atoms with Crippen LogP contribution in [-0.2, 0) is 0 Å². The van der Waals surface area contributed by atoms with Crippen molar-refractivity contribution >= 4 is 11.4 Å². The Morgan fingerprint density at radius 1 is 1.20 bits per heavy atom. The molecule has 5 heteroatoms. The Morgan fingerprint density at radius 2 is 2.00 bits per heavy atom. The maximum absolute atomic E-state index is 13.0. The van der Waals surface area contributed by atoms with Crippen molar-refractivity contribution in [1.82, 2.24) is 14.7 Å². The van der Waals surface area contributed by atoms with Gasteiger partial charge in [0.25, 0.3) is 12.2 Å². The average molecular weight is 333 g/mol. The minimum Gasteiger partial charge on any atom is -0.349 e. The van der Waals surface area contributed by atoms with Crippen molar-refractivity contribution < 1.29 is 9.36 Å². The highest BCUT2D eigenvalue weighted by Gasteiger charge is 2.42. The fourth-order valence-corrected chi connectivity index (χ4v) is 3.67. The molecular formula is C20H21N4O+. The maximum atomic E-state index is 13.0. The van der Waals surface area contributed by atoms with Gasteiger partial charge in [-0.3, -0.25) is 9.78 Å². The number of carbonyl (C=O) groups is 1. The molecule has 5 rings (SSSR count). The van der Waals surface area contributed by atoms with E-state index < -0.39 is 0 Å². The summed E-state index contributed by atoms with van der Waals surface area (Å²) in [5.74, 6) is 1.36. The van der Waals surface area contributed by atoms with Crippen LogP contribution in [0, 0.1) is 11.8 Å². The minimum atomic E-state index is -0.00495. The third-order valence-corrected chi connectivity index (χ3v) is 5.32. The van der Waals surface area contributed by atoms with Crippen LogP contribution >= 0.6 is 0 Å². The molecule has 2 aliphatic carbocycles. The van der Waals surface area contributed by atoms with Gasteiger partial charge in [0.05, 0.1) is 6.20 Å². The van der Waals surface area contributed by atoms with E-state index >= 15 is 0 Å². The van der Waals surface area contributed by atoms with Gasteiger partial charge in [-0.25, -0.2) is 8.97 Å². The summed E-state index contributed by atoms with van der Waals surface area (Å²) in [7, 11) is 0. The molecule has 1 N–H and O–H groups in total. The number of rotatable bonds is 5. The monoisotopic (exact) mass is 333 g/mol. The zero-order chi connectivity index (χ0) is 16.8. The van der Waals surface area contributed by atoms with Crippen LogP contribution in [0.15, 0.2) is 55.4 Å². The summed E-state index contributed by atoms with van der Waals surface area (Å²) >= 11 is 0. The van der Waals surface area contributed by atoms with Gasteiger partial charge in [0.1, 0.15) is 17.4 Å². The van der Waals surface area contributed by atoms with E-state index in [2.05, 4.69) is 10.3 Å². The zero-order valence-corrected chi connectivity index (χ0v) is 14.0. The first kappa shape index (κ1) is 14.6. The highest BCUT2D eigenvalue weighted by Crippen LogP contribution is 2.44. The van der Waals surface area contributed by atoms with Gasteiger partial charge in [-0.1, -0.05) is 6.07 Å². The summed E-state index contributed by atoms with van der Waals surface area (Å²) in [6.07, 6.45) is 14.4. The SMILES string of the molecule is O=C(NC(C1CC1)C1CC1)c1cnccc1-[n+]1cc2ccccn2c1. The van der Waals surface area contributed by atoms with Gasteiger partial charge in [-0.15, -0.1) is 0 Å². The van der Waals surface area contributed by atoms with Crippen LogP contribution in [0.25, 0.3) is 11.2 Å². The summed E-state index contributed by atoms with van der Waals surface area (Å²) in [5.41, 5.74) is 2.58. The lowest BCUT2D eigenvalue weighted by Gasteiger charge is -2.18. The first-order valence-electron chi connectivity index (χ1n) is 9.03. The van der Waals surface area contributed by atoms with Crippen LogP contribution in [0.4, 0.5) is 0 Å². The Hall–Kier alpha value is -2.69. The number of hydrogen-bond donors (Lipinski definition) is 1. The van der Waals surface area contributed by atoms with Crippen LogP contribution < -0.4 is 9.88 Å². The number of nitrogens with one attached hydrogen (secondary N) is 1. The fraction of sp³-hybridized carbons (Fsp3) is 0.350. The Bertz CT molecular complexity index is 895. The molecule has 126 valence electrons. The van der Waals surface area contributed by atoms with Gasteiger partial charge >= 0.3 is 0 Å².